The van der Waals surface area contributed by atoms with Gasteiger partial charge < -0.3 is 10.4 Å². The lowest BCUT2D eigenvalue weighted by molar-refractivity contribution is -0.139. The zero-order chi connectivity index (χ0) is 12.7. The van der Waals surface area contributed by atoms with Gasteiger partial charge in [0.05, 0.1) is 0 Å². The Bertz CT molecular complexity index is 230. The van der Waals surface area contributed by atoms with Crippen LogP contribution in [-0.4, -0.2) is 23.7 Å². The van der Waals surface area contributed by atoms with Gasteiger partial charge in [0, 0.05) is 0 Å². The lowest BCUT2D eigenvalue weighted by Gasteiger charge is -2.30. The van der Waals surface area contributed by atoms with Crippen molar-refractivity contribution in [3.05, 3.63) is 0 Å². The largest absolute Gasteiger partial charge is 0.480 e. The van der Waals surface area contributed by atoms with Gasteiger partial charge in [-0.1, -0.05) is 46.0 Å². The van der Waals surface area contributed by atoms with E-state index in [4.69, 9.17) is 5.11 Å². The molecule has 1 fully saturated rings. The predicted molar refractivity (Wildman–Crippen MR) is 70.1 cm³/mol. The quantitative estimate of drug-likeness (QED) is 0.720. The number of carbonyl (C=O) groups is 1. The molecule has 0 spiro atoms. The number of nitrogens with one attached hydrogen (secondary N) is 1. The summed E-state index contributed by atoms with van der Waals surface area (Å²) in [7, 11) is 0. The number of rotatable bonds is 7. The molecular weight excluding hydrogens is 214 g/mol. The van der Waals surface area contributed by atoms with Crippen molar-refractivity contribution in [1.29, 1.82) is 0 Å². The maximum absolute atomic E-state index is 11.1. The molecule has 0 heterocycles. The molecule has 100 valence electrons. The summed E-state index contributed by atoms with van der Waals surface area (Å²) < 4.78 is 0. The van der Waals surface area contributed by atoms with Crippen molar-refractivity contribution < 1.29 is 9.90 Å². The fraction of sp³-hybridized carbons (Fsp3) is 0.929. The molecule has 3 heteroatoms. The molecule has 1 aliphatic rings. The first-order valence-corrected chi connectivity index (χ1v) is 7.11. The highest BCUT2D eigenvalue weighted by Crippen LogP contribution is 2.28. The van der Waals surface area contributed by atoms with E-state index in [0.717, 1.165) is 31.7 Å². The SMILES string of the molecule is CCCCC(NCC1CCCCC1C)C(=O)O. The number of carboxylic acids is 1. The second kappa shape index (κ2) is 7.70. The Morgan fingerprint density at radius 3 is 2.71 bits per heavy atom. The average molecular weight is 241 g/mol. The van der Waals surface area contributed by atoms with Crippen LogP contribution in [0.2, 0.25) is 0 Å². The van der Waals surface area contributed by atoms with Crippen molar-refractivity contribution in [3.63, 3.8) is 0 Å². The first kappa shape index (κ1) is 14.5. The molecule has 0 aromatic rings. The highest BCUT2D eigenvalue weighted by molar-refractivity contribution is 5.73. The van der Waals surface area contributed by atoms with Crippen LogP contribution in [0.25, 0.3) is 0 Å². The van der Waals surface area contributed by atoms with E-state index in [0.29, 0.717) is 5.92 Å². The summed E-state index contributed by atoms with van der Waals surface area (Å²) in [5.74, 6) is 0.728. The summed E-state index contributed by atoms with van der Waals surface area (Å²) in [6, 6.07) is -0.343. The Kier molecular flexibility index (Phi) is 6.56. The van der Waals surface area contributed by atoms with Crippen LogP contribution in [0.15, 0.2) is 0 Å². The molecule has 3 unspecified atom stereocenters. The van der Waals surface area contributed by atoms with Gasteiger partial charge in [0.25, 0.3) is 0 Å². The molecule has 0 radical (unpaired) electrons. The second-order valence-corrected chi connectivity index (χ2v) is 5.46. The maximum Gasteiger partial charge on any atom is 0.320 e. The van der Waals surface area contributed by atoms with Gasteiger partial charge in [-0.25, -0.2) is 0 Å². The number of hydrogen-bond donors (Lipinski definition) is 2. The van der Waals surface area contributed by atoms with Gasteiger partial charge in [0.15, 0.2) is 0 Å². The number of carboxylic acid groups (broad SMARTS) is 1. The molecule has 0 saturated heterocycles. The van der Waals surface area contributed by atoms with Gasteiger partial charge >= 0.3 is 5.97 Å². The van der Waals surface area contributed by atoms with Gasteiger partial charge in [-0.05, 0) is 31.2 Å². The topological polar surface area (TPSA) is 49.3 Å². The molecule has 1 aliphatic carbocycles. The van der Waals surface area contributed by atoms with E-state index >= 15 is 0 Å². The summed E-state index contributed by atoms with van der Waals surface area (Å²) in [6.07, 6.45) is 8.02. The van der Waals surface area contributed by atoms with E-state index in [1.807, 2.05) is 0 Å². The molecule has 1 rings (SSSR count). The molecule has 1 saturated carbocycles. The van der Waals surface area contributed by atoms with E-state index in [1.165, 1.54) is 25.7 Å². The summed E-state index contributed by atoms with van der Waals surface area (Å²) in [5.41, 5.74) is 0. The van der Waals surface area contributed by atoms with Crippen molar-refractivity contribution in [2.45, 2.75) is 64.8 Å². The normalized spacial score (nSPS) is 26.7. The number of aliphatic carboxylic acids is 1. The third-order valence-electron chi connectivity index (χ3n) is 4.06. The van der Waals surface area contributed by atoms with Crippen LogP contribution in [0.3, 0.4) is 0 Å². The van der Waals surface area contributed by atoms with E-state index in [9.17, 15) is 4.79 Å². The summed E-state index contributed by atoms with van der Waals surface area (Å²) in [6.45, 7) is 5.28. The van der Waals surface area contributed by atoms with E-state index < -0.39 is 5.97 Å². The van der Waals surface area contributed by atoms with Crippen LogP contribution in [0.5, 0.6) is 0 Å². The number of unbranched alkanes of at least 4 members (excludes halogenated alkanes) is 1. The molecule has 2 N–H and O–H groups in total. The lowest BCUT2D eigenvalue weighted by Crippen LogP contribution is -2.41. The smallest absolute Gasteiger partial charge is 0.320 e. The van der Waals surface area contributed by atoms with Crippen LogP contribution in [0.4, 0.5) is 0 Å². The zero-order valence-corrected chi connectivity index (χ0v) is 11.2. The third-order valence-corrected chi connectivity index (χ3v) is 4.06. The Labute approximate surface area is 105 Å². The number of hydrogen-bond acceptors (Lipinski definition) is 2. The Morgan fingerprint density at radius 1 is 1.41 bits per heavy atom. The van der Waals surface area contributed by atoms with Gasteiger partial charge in [-0.3, -0.25) is 4.79 Å². The summed E-state index contributed by atoms with van der Waals surface area (Å²) in [4.78, 5) is 11.1. The molecule has 0 bridgehead atoms. The minimum Gasteiger partial charge on any atom is -0.480 e. The van der Waals surface area contributed by atoms with Gasteiger partial charge in [0.1, 0.15) is 6.04 Å². The Morgan fingerprint density at radius 2 is 2.12 bits per heavy atom. The van der Waals surface area contributed by atoms with E-state index in [1.54, 1.807) is 0 Å². The Balaban J connectivity index is 2.31. The van der Waals surface area contributed by atoms with Crippen LogP contribution < -0.4 is 5.32 Å². The lowest BCUT2D eigenvalue weighted by atomic mass is 9.80. The molecule has 0 amide bonds. The molecular formula is C14H27NO2. The second-order valence-electron chi connectivity index (χ2n) is 5.46. The van der Waals surface area contributed by atoms with E-state index in [2.05, 4.69) is 19.2 Å². The fourth-order valence-corrected chi connectivity index (χ4v) is 2.71. The summed E-state index contributed by atoms with van der Waals surface area (Å²) in [5, 5.41) is 12.4. The monoisotopic (exact) mass is 241 g/mol. The first-order chi connectivity index (χ1) is 8.15. The van der Waals surface area contributed by atoms with E-state index in [-0.39, 0.29) is 6.04 Å². The minimum atomic E-state index is -0.693. The van der Waals surface area contributed by atoms with Crippen LogP contribution in [0, 0.1) is 11.8 Å². The zero-order valence-electron chi connectivity index (χ0n) is 11.2. The van der Waals surface area contributed by atoms with Crippen LogP contribution in [-0.2, 0) is 4.79 Å². The molecule has 3 atom stereocenters. The standard InChI is InChI=1S/C14H27NO2/c1-3-4-9-13(14(16)17)15-10-12-8-6-5-7-11(12)2/h11-13,15H,3-10H2,1-2H3,(H,16,17). The van der Waals surface area contributed by atoms with Crippen LogP contribution >= 0.6 is 0 Å². The van der Waals surface area contributed by atoms with Crippen LogP contribution in [0.1, 0.15) is 58.8 Å². The molecule has 17 heavy (non-hydrogen) atoms. The Hall–Kier alpha value is -0.570. The average Bonchev–Trinajstić information content (AvgIpc) is 2.31. The predicted octanol–water partition coefficient (Wildman–Crippen LogP) is 3.05. The maximum atomic E-state index is 11.1. The summed E-state index contributed by atoms with van der Waals surface area (Å²) >= 11 is 0. The van der Waals surface area contributed by atoms with Crippen molar-refractivity contribution in [2.75, 3.05) is 6.54 Å². The molecule has 3 nitrogen and oxygen atoms in total. The first-order valence-electron chi connectivity index (χ1n) is 7.11. The molecule has 0 aromatic carbocycles. The van der Waals surface area contributed by atoms with Crippen molar-refractivity contribution in [3.8, 4) is 0 Å². The highest BCUT2D eigenvalue weighted by atomic mass is 16.4. The molecule has 0 aromatic heterocycles. The highest BCUT2D eigenvalue weighted by Gasteiger charge is 2.23. The molecule has 0 aliphatic heterocycles. The van der Waals surface area contributed by atoms with Crippen molar-refractivity contribution in [2.24, 2.45) is 11.8 Å². The third kappa shape index (κ3) is 5.07. The van der Waals surface area contributed by atoms with Gasteiger partial charge in [0.2, 0.25) is 0 Å². The fourth-order valence-electron chi connectivity index (χ4n) is 2.71. The minimum absolute atomic E-state index is 0.343. The van der Waals surface area contributed by atoms with Gasteiger partial charge in [-0.2, -0.15) is 0 Å². The van der Waals surface area contributed by atoms with Crippen molar-refractivity contribution >= 4 is 5.97 Å². The van der Waals surface area contributed by atoms with Crippen molar-refractivity contribution in [1.82, 2.24) is 5.32 Å². The van der Waals surface area contributed by atoms with Gasteiger partial charge in [-0.15, -0.1) is 0 Å².